The van der Waals surface area contributed by atoms with Crippen LogP contribution in [0.4, 0.5) is 0 Å². The van der Waals surface area contributed by atoms with E-state index in [0.717, 1.165) is 37.5 Å². The van der Waals surface area contributed by atoms with Gasteiger partial charge in [-0.15, -0.1) is 0 Å². The van der Waals surface area contributed by atoms with Crippen molar-refractivity contribution in [1.29, 1.82) is 0 Å². The van der Waals surface area contributed by atoms with Crippen LogP contribution >= 0.6 is 0 Å². The first-order valence-corrected chi connectivity index (χ1v) is 17.9. The topological polar surface area (TPSA) is 74.6 Å². The highest BCUT2D eigenvalue weighted by Crippen LogP contribution is 2.33. The summed E-state index contributed by atoms with van der Waals surface area (Å²) < 4.78 is 0. The molecule has 0 radical (unpaired) electrons. The zero-order valence-corrected chi connectivity index (χ0v) is 27.1. The Balaban J connectivity index is 4.73. The molecule has 2 N–H and O–H groups in total. The summed E-state index contributed by atoms with van der Waals surface area (Å²) in [5.74, 6) is 0.438. The van der Waals surface area contributed by atoms with Gasteiger partial charge < -0.3 is 10.2 Å². The molecule has 0 aromatic rings. The highest BCUT2D eigenvalue weighted by atomic mass is 16.4. The van der Waals surface area contributed by atoms with Crippen molar-refractivity contribution in [2.45, 2.75) is 206 Å². The van der Waals surface area contributed by atoms with E-state index in [4.69, 9.17) is 10.2 Å². The van der Waals surface area contributed by atoms with E-state index in [2.05, 4.69) is 13.8 Å². The van der Waals surface area contributed by atoms with E-state index in [-0.39, 0.29) is 0 Å². The highest BCUT2D eigenvalue weighted by Gasteiger charge is 2.20. The molecule has 0 aromatic carbocycles. The lowest BCUT2D eigenvalue weighted by Gasteiger charge is -2.28. The molecule has 0 bridgehead atoms. The molecule has 0 unspecified atom stereocenters. The normalized spacial score (nSPS) is 12.9. The average molecular weight is 567 g/mol. The maximum atomic E-state index is 10.7. The number of carboxylic acids is 2. The van der Waals surface area contributed by atoms with Crippen LogP contribution in [0.5, 0.6) is 0 Å². The molecule has 0 fully saturated rings. The van der Waals surface area contributed by atoms with Gasteiger partial charge in [0.05, 0.1) is 0 Å². The number of carboxylic acid groups (broad SMARTS) is 2. The average Bonchev–Trinajstić information content (AvgIpc) is 2.92. The van der Waals surface area contributed by atoms with Gasteiger partial charge in [-0.05, 0) is 24.7 Å². The second kappa shape index (κ2) is 30.9. The van der Waals surface area contributed by atoms with E-state index >= 15 is 0 Å². The third-order valence-corrected chi connectivity index (χ3v) is 8.95. The Morgan fingerprint density at radius 2 is 0.600 bits per heavy atom. The molecule has 4 nitrogen and oxygen atoms in total. The molecule has 40 heavy (non-hydrogen) atoms. The van der Waals surface area contributed by atoms with Gasteiger partial charge in [-0.25, -0.2) is 0 Å². The van der Waals surface area contributed by atoms with Gasteiger partial charge in [0.2, 0.25) is 0 Å². The zero-order chi connectivity index (χ0) is 29.5. The number of aliphatic carboxylic acids is 2. The molecular weight excluding hydrogens is 496 g/mol. The largest absolute Gasteiger partial charge is 0.481 e. The van der Waals surface area contributed by atoms with Gasteiger partial charge in [-0.3, -0.25) is 9.59 Å². The van der Waals surface area contributed by atoms with Crippen molar-refractivity contribution in [2.24, 2.45) is 11.8 Å². The lowest BCUT2D eigenvalue weighted by Crippen LogP contribution is -2.16. The van der Waals surface area contributed by atoms with Crippen LogP contribution in [-0.2, 0) is 9.59 Å². The molecule has 0 aliphatic rings. The Kier molecular flexibility index (Phi) is 30.1. The Hall–Kier alpha value is -1.06. The van der Waals surface area contributed by atoms with Gasteiger partial charge in [0, 0.05) is 12.8 Å². The summed E-state index contributed by atoms with van der Waals surface area (Å²) in [6.07, 6.45) is 36.8. The molecule has 0 saturated carbocycles. The Bertz CT molecular complexity index is 499. The minimum Gasteiger partial charge on any atom is -0.481 e. The van der Waals surface area contributed by atoms with Crippen molar-refractivity contribution >= 4 is 11.9 Å². The second-order valence-electron chi connectivity index (χ2n) is 12.7. The smallest absolute Gasteiger partial charge is 0.303 e. The van der Waals surface area contributed by atoms with Gasteiger partial charge in [-0.2, -0.15) is 0 Å². The maximum Gasteiger partial charge on any atom is 0.303 e. The molecule has 0 amide bonds. The van der Waals surface area contributed by atoms with E-state index in [1.165, 1.54) is 154 Å². The molecule has 2 atom stereocenters. The van der Waals surface area contributed by atoms with E-state index in [0.29, 0.717) is 12.8 Å². The molecular formula is C36H70O4. The summed E-state index contributed by atoms with van der Waals surface area (Å²) in [6.45, 7) is 4.59. The van der Waals surface area contributed by atoms with Crippen LogP contribution in [0, 0.1) is 11.8 Å². The van der Waals surface area contributed by atoms with Crippen molar-refractivity contribution in [3.05, 3.63) is 0 Å². The van der Waals surface area contributed by atoms with E-state index < -0.39 is 11.9 Å². The second-order valence-corrected chi connectivity index (χ2v) is 12.7. The minimum atomic E-state index is -0.660. The van der Waals surface area contributed by atoms with Crippen molar-refractivity contribution < 1.29 is 19.8 Å². The lowest BCUT2D eigenvalue weighted by atomic mass is 9.78. The van der Waals surface area contributed by atoms with Crippen LogP contribution in [0.15, 0.2) is 0 Å². The van der Waals surface area contributed by atoms with Crippen molar-refractivity contribution in [3.63, 3.8) is 0 Å². The fourth-order valence-electron chi connectivity index (χ4n) is 6.38. The molecule has 0 heterocycles. The Labute approximate surface area is 249 Å². The first-order chi connectivity index (χ1) is 19.5. The molecule has 0 aromatic heterocycles. The van der Waals surface area contributed by atoms with E-state index in [9.17, 15) is 9.59 Å². The van der Waals surface area contributed by atoms with Gasteiger partial charge >= 0.3 is 11.9 Å². The fraction of sp³-hybridized carbons (Fsp3) is 0.944. The zero-order valence-electron chi connectivity index (χ0n) is 27.1. The number of hydrogen-bond acceptors (Lipinski definition) is 2. The van der Waals surface area contributed by atoms with Crippen LogP contribution < -0.4 is 0 Å². The fourth-order valence-corrected chi connectivity index (χ4v) is 6.38. The minimum absolute atomic E-state index is 0.322. The van der Waals surface area contributed by atoms with E-state index in [1.807, 2.05) is 0 Å². The van der Waals surface area contributed by atoms with Crippen molar-refractivity contribution in [3.8, 4) is 0 Å². The lowest BCUT2D eigenvalue weighted by molar-refractivity contribution is -0.138. The summed E-state index contributed by atoms with van der Waals surface area (Å²) in [7, 11) is 0. The van der Waals surface area contributed by atoms with Crippen molar-refractivity contribution in [2.75, 3.05) is 0 Å². The Morgan fingerprint density at radius 3 is 0.850 bits per heavy atom. The summed E-state index contributed by atoms with van der Waals surface area (Å²) in [4.78, 5) is 21.5. The van der Waals surface area contributed by atoms with Crippen LogP contribution in [0.1, 0.15) is 206 Å². The number of carbonyl (C=O) groups is 2. The summed E-state index contributed by atoms with van der Waals surface area (Å²) >= 11 is 0. The molecule has 238 valence electrons. The molecule has 0 spiro atoms. The molecule has 0 saturated heterocycles. The third-order valence-electron chi connectivity index (χ3n) is 8.95. The predicted molar refractivity (Wildman–Crippen MR) is 172 cm³/mol. The molecule has 0 rings (SSSR count). The third kappa shape index (κ3) is 28.5. The Morgan fingerprint density at radius 1 is 0.375 bits per heavy atom. The summed E-state index contributed by atoms with van der Waals surface area (Å²) in [5.41, 5.74) is 0. The van der Waals surface area contributed by atoms with Gasteiger partial charge in [0.1, 0.15) is 0 Å². The summed E-state index contributed by atoms with van der Waals surface area (Å²) in [6, 6.07) is 0. The summed E-state index contributed by atoms with van der Waals surface area (Å²) in [5, 5.41) is 17.7. The monoisotopic (exact) mass is 567 g/mol. The number of rotatable bonds is 33. The van der Waals surface area contributed by atoms with Gasteiger partial charge in [0.15, 0.2) is 0 Å². The molecule has 0 aliphatic carbocycles. The number of hydrogen-bond donors (Lipinski definition) is 2. The van der Waals surface area contributed by atoms with Crippen molar-refractivity contribution in [1.82, 2.24) is 0 Å². The van der Waals surface area contributed by atoms with Crippen LogP contribution in [-0.4, -0.2) is 22.2 Å². The maximum absolute atomic E-state index is 10.7. The quantitative estimate of drug-likeness (QED) is 0.0775. The van der Waals surface area contributed by atoms with Gasteiger partial charge in [0.25, 0.3) is 0 Å². The van der Waals surface area contributed by atoms with Crippen LogP contribution in [0.2, 0.25) is 0 Å². The molecule has 0 aliphatic heterocycles. The number of unbranched alkanes of at least 4 members (excludes halogenated alkanes) is 20. The SMILES string of the molecule is CCCCCCCC[C@@H](CCCCCCCCC(=O)O)[C@@H](CCCCCCCC)CCCCCCCCC(=O)O. The highest BCUT2D eigenvalue weighted by molar-refractivity contribution is 5.66. The van der Waals surface area contributed by atoms with Crippen LogP contribution in [0.3, 0.4) is 0 Å². The first-order valence-electron chi connectivity index (χ1n) is 17.9. The van der Waals surface area contributed by atoms with E-state index in [1.54, 1.807) is 0 Å². The molecule has 4 heteroatoms. The standard InChI is InChI=1S/C36H70O4/c1-3-5-7-9-15-21-27-33(29-23-17-11-13-19-25-31-35(37)38)34(28-22-16-10-8-6-4-2)30-24-18-12-14-20-26-32-36(39)40/h33-34H,3-32H2,1-2H3,(H,37,38)(H,39,40)/t33-,34-/m0/s1. The first kappa shape index (κ1) is 38.9. The predicted octanol–water partition coefficient (Wildman–Crippen LogP) is 12.1. The van der Waals surface area contributed by atoms with Crippen LogP contribution in [0.25, 0.3) is 0 Å². The van der Waals surface area contributed by atoms with Gasteiger partial charge in [-0.1, -0.05) is 181 Å².